The molecule has 0 saturated heterocycles. The number of rotatable bonds is 5. The topological polar surface area (TPSA) is 64.4 Å². The van der Waals surface area contributed by atoms with Crippen molar-refractivity contribution in [2.24, 2.45) is 7.05 Å². The molecule has 0 fully saturated rings. The Hall–Kier alpha value is 0.497. The fourth-order valence-electron chi connectivity index (χ4n) is 1.37. The third kappa shape index (κ3) is 5.71. The van der Waals surface area contributed by atoms with Gasteiger partial charge in [0.2, 0.25) is 0 Å². The molecule has 1 N–H and O–H groups in total. The monoisotopic (exact) mass is 328 g/mol. The molecule has 0 aromatic carbocycles. The average Bonchev–Trinajstić information content (AvgIpc) is 2.53. The van der Waals surface area contributed by atoms with Gasteiger partial charge in [-0.25, -0.2) is 4.21 Å². The van der Waals surface area contributed by atoms with E-state index in [1.807, 2.05) is 13.1 Å². The number of aryl methyl sites for hydroxylation is 1. The zero-order chi connectivity index (χ0) is 14.8. The van der Waals surface area contributed by atoms with Crippen molar-refractivity contribution in [1.82, 2.24) is 9.78 Å². The molecule has 1 aromatic rings. The Morgan fingerprint density at radius 3 is 2.45 bits per heavy atom. The molecule has 1 rings (SSSR count). The van der Waals surface area contributed by atoms with Crippen LogP contribution in [0.1, 0.15) is 32.2 Å². The standard InChI is InChI=1S/C12H24N2O3SSi.Na.H/c1-12(2,3)19(5,6)17-8-11-7-10(9-18(15)16)13-14(11)4;;/h7H,8-9H2,1-6H3,(H,15,16);;. The van der Waals surface area contributed by atoms with Gasteiger partial charge in [-0.2, -0.15) is 5.10 Å². The zero-order valence-electron chi connectivity index (χ0n) is 12.6. The average molecular weight is 328 g/mol. The van der Waals surface area contributed by atoms with Gasteiger partial charge in [0, 0.05) is 7.05 Å². The van der Waals surface area contributed by atoms with Crippen LogP contribution in [0, 0.1) is 0 Å². The third-order valence-electron chi connectivity index (χ3n) is 3.69. The van der Waals surface area contributed by atoms with E-state index >= 15 is 0 Å². The number of nitrogens with zero attached hydrogens (tertiary/aromatic N) is 2. The van der Waals surface area contributed by atoms with Gasteiger partial charge in [0.15, 0.2) is 19.4 Å². The molecule has 20 heavy (non-hydrogen) atoms. The zero-order valence-corrected chi connectivity index (χ0v) is 14.4. The van der Waals surface area contributed by atoms with E-state index in [0.29, 0.717) is 12.3 Å². The summed E-state index contributed by atoms with van der Waals surface area (Å²) >= 11 is -1.85. The van der Waals surface area contributed by atoms with E-state index < -0.39 is 19.4 Å². The van der Waals surface area contributed by atoms with Crippen LogP contribution in [0.4, 0.5) is 0 Å². The van der Waals surface area contributed by atoms with Crippen LogP contribution in [-0.4, -0.2) is 56.4 Å². The van der Waals surface area contributed by atoms with Crippen LogP contribution < -0.4 is 0 Å². The van der Waals surface area contributed by atoms with E-state index in [2.05, 4.69) is 39.0 Å². The molecule has 1 aromatic heterocycles. The van der Waals surface area contributed by atoms with Crippen molar-refractivity contribution < 1.29 is 13.2 Å². The molecule has 112 valence electrons. The molecule has 5 nitrogen and oxygen atoms in total. The number of hydrogen-bond donors (Lipinski definition) is 1. The van der Waals surface area contributed by atoms with Gasteiger partial charge >= 0.3 is 29.6 Å². The summed E-state index contributed by atoms with van der Waals surface area (Å²) in [6, 6.07) is 1.83. The first-order valence-electron chi connectivity index (χ1n) is 6.26. The van der Waals surface area contributed by atoms with Crippen LogP contribution in [0.3, 0.4) is 0 Å². The molecule has 0 amide bonds. The van der Waals surface area contributed by atoms with Gasteiger partial charge in [0.05, 0.1) is 23.7 Å². The second-order valence-electron chi connectivity index (χ2n) is 6.27. The predicted octanol–water partition coefficient (Wildman–Crippen LogP) is 2.02. The van der Waals surface area contributed by atoms with Crippen LogP contribution in [0.15, 0.2) is 6.07 Å². The maximum absolute atomic E-state index is 10.8. The first-order chi connectivity index (χ1) is 8.53. The molecular weight excluding hydrogens is 303 g/mol. The van der Waals surface area contributed by atoms with E-state index in [1.54, 1.807) is 4.68 Å². The fourth-order valence-corrected chi connectivity index (χ4v) is 2.71. The van der Waals surface area contributed by atoms with E-state index in [0.717, 1.165) is 5.69 Å². The molecule has 0 aliphatic heterocycles. The van der Waals surface area contributed by atoms with Crippen molar-refractivity contribution in [2.45, 2.75) is 51.3 Å². The number of hydrogen-bond acceptors (Lipinski definition) is 3. The second kappa shape index (κ2) is 7.67. The van der Waals surface area contributed by atoms with E-state index in [4.69, 9.17) is 8.98 Å². The molecule has 0 bridgehead atoms. The Bertz CT molecular complexity index is 472. The molecule has 0 spiro atoms. The molecule has 1 atom stereocenters. The Kier molecular flexibility index (Phi) is 7.86. The molecule has 0 aliphatic rings. The first kappa shape index (κ1) is 20.5. The van der Waals surface area contributed by atoms with Crippen molar-refractivity contribution in [3.05, 3.63) is 17.5 Å². The summed E-state index contributed by atoms with van der Waals surface area (Å²) in [6.45, 7) is 11.5. The SMILES string of the molecule is Cn1nc(CS(=O)O)cc1CO[Si](C)(C)C(C)(C)C.[NaH]. The van der Waals surface area contributed by atoms with Gasteiger partial charge in [-0.1, -0.05) is 20.8 Å². The maximum atomic E-state index is 10.8. The summed E-state index contributed by atoms with van der Waals surface area (Å²) in [5.74, 6) is 0.0634. The van der Waals surface area contributed by atoms with E-state index in [-0.39, 0.29) is 40.3 Å². The van der Waals surface area contributed by atoms with E-state index in [1.165, 1.54) is 0 Å². The molecular formula is C12H25N2NaO3SSi. The van der Waals surface area contributed by atoms with E-state index in [9.17, 15) is 4.21 Å². The third-order valence-corrected chi connectivity index (χ3v) is 8.71. The normalized spacial score (nSPS) is 13.9. The summed E-state index contributed by atoms with van der Waals surface area (Å²) in [5, 5.41) is 4.38. The quantitative estimate of drug-likeness (QED) is 0.663. The van der Waals surface area contributed by atoms with Gasteiger partial charge in [0.25, 0.3) is 0 Å². The summed E-state index contributed by atoms with van der Waals surface area (Å²) in [7, 11) is 0.0437. The molecule has 0 aliphatic carbocycles. The van der Waals surface area contributed by atoms with Crippen molar-refractivity contribution in [1.29, 1.82) is 0 Å². The minimum absolute atomic E-state index is 0. The summed E-state index contributed by atoms with van der Waals surface area (Å²) < 4.78 is 27.5. The summed E-state index contributed by atoms with van der Waals surface area (Å²) in [5.41, 5.74) is 1.56. The van der Waals surface area contributed by atoms with Crippen molar-refractivity contribution in [2.75, 3.05) is 0 Å². The van der Waals surface area contributed by atoms with Gasteiger partial charge in [-0.15, -0.1) is 0 Å². The second-order valence-corrected chi connectivity index (χ2v) is 12.0. The van der Waals surface area contributed by atoms with Gasteiger partial charge in [-0.05, 0) is 24.2 Å². The van der Waals surface area contributed by atoms with Crippen LogP contribution in [0.5, 0.6) is 0 Å². The van der Waals surface area contributed by atoms with Crippen LogP contribution in [-0.2, 0) is 34.9 Å². The molecule has 1 heterocycles. The van der Waals surface area contributed by atoms with Crippen LogP contribution in [0.25, 0.3) is 0 Å². The van der Waals surface area contributed by atoms with Crippen LogP contribution >= 0.6 is 0 Å². The Balaban J connectivity index is 0.00000361. The summed E-state index contributed by atoms with van der Waals surface area (Å²) in [4.78, 5) is 0. The predicted molar refractivity (Wildman–Crippen MR) is 86.8 cm³/mol. The van der Waals surface area contributed by atoms with Gasteiger partial charge < -0.3 is 8.98 Å². The molecule has 0 saturated carbocycles. The Morgan fingerprint density at radius 2 is 2.00 bits per heavy atom. The fraction of sp³-hybridized carbons (Fsp3) is 0.750. The van der Waals surface area contributed by atoms with Gasteiger partial charge in [-0.3, -0.25) is 4.68 Å². The van der Waals surface area contributed by atoms with Crippen LogP contribution in [0.2, 0.25) is 18.1 Å². The Labute approximate surface area is 147 Å². The van der Waals surface area contributed by atoms with Gasteiger partial charge in [0.1, 0.15) is 0 Å². The summed E-state index contributed by atoms with van der Waals surface area (Å²) in [6.07, 6.45) is 0. The molecule has 1 unspecified atom stereocenters. The first-order valence-corrected chi connectivity index (χ1v) is 10.4. The Morgan fingerprint density at radius 1 is 1.45 bits per heavy atom. The number of aromatic nitrogens is 2. The van der Waals surface area contributed by atoms with Crippen molar-refractivity contribution in [3.63, 3.8) is 0 Å². The minimum atomic E-state index is -1.85. The van der Waals surface area contributed by atoms with Crippen molar-refractivity contribution in [3.8, 4) is 0 Å². The molecule has 8 heteroatoms. The molecule has 0 radical (unpaired) electrons. The van der Waals surface area contributed by atoms with Crippen molar-refractivity contribution >= 4 is 49.0 Å².